The van der Waals surface area contributed by atoms with E-state index >= 15 is 0 Å². The standard InChI is InChI=1S/C6H11NO/c7-3-5-4-1-2-8-6(4)5/h4-6H,1-3,7H2/t4-,5-,6-/m1/s1. The van der Waals surface area contributed by atoms with Crippen molar-refractivity contribution in [1.29, 1.82) is 0 Å². The quantitative estimate of drug-likeness (QED) is 0.518. The summed E-state index contributed by atoms with van der Waals surface area (Å²) in [5.74, 6) is 1.57. The largest absolute Gasteiger partial charge is 0.378 e. The summed E-state index contributed by atoms with van der Waals surface area (Å²) in [6.45, 7) is 1.81. The lowest BCUT2D eigenvalue weighted by Gasteiger charge is -1.96. The highest BCUT2D eigenvalue weighted by molar-refractivity contribution is 5.02. The van der Waals surface area contributed by atoms with E-state index in [1.54, 1.807) is 0 Å². The fourth-order valence-electron chi connectivity index (χ4n) is 1.68. The molecule has 0 amide bonds. The van der Waals surface area contributed by atoms with Crippen molar-refractivity contribution in [3.63, 3.8) is 0 Å². The van der Waals surface area contributed by atoms with Crippen LogP contribution in [-0.4, -0.2) is 19.3 Å². The Morgan fingerprint density at radius 1 is 1.62 bits per heavy atom. The van der Waals surface area contributed by atoms with Crippen LogP contribution >= 0.6 is 0 Å². The molecule has 8 heavy (non-hydrogen) atoms. The van der Waals surface area contributed by atoms with E-state index in [1.165, 1.54) is 6.42 Å². The Balaban J connectivity index is 1.94. The molecule has 1 saturated heterocycles. The van der Waals surface area contributed by atoms with Crippen molar-refractivity contribution >= 4 is 0 Å². The molecular formula is C6H11NO. The summed E-state index contributed by atoms with van der Waals surface area (Å²) >= 11 is 0. The van der Waals surface area contributed by atoms with E-state index in [9.17, 15) is 0 Å². The third-order valence-corrected chi connectivity index (χ3v) is 2.29. The van der Waals surface area contributed by atoms with Gasteiger partial charge in [0.15, 0.2) is 0 Å². The first-order valence-corrected chi connectivity index (χ1v) is 3.25. The Hall–Kier alpha value is -0.0800. The van der Waals surface area contributed by atoms with Gasteiger partial charge in [-0.15, -0.1) is 0 Å². The van der Waals surface area contributed by atoms with E-state index < -0.39 is 0 Å². The number of hydrogen-bond donors (Lipinski definition) is 1. The van der Waals surface area contributed by atoms with Crippen molar-refractivity contribution in [3.05, 3.63) is 0 Å². The van der Waals surface area contributed by atoms with Crippen molar-refractivity contribution in [2.75, 3.05) is 13.2 Å². The summed E-state index contributed by atoms with van der Waals surface area (Å²) < 4.78 is 5.35. The van der Waals surface area contributed by atoms with Gasteiger partial charge in [-0.05, 0) is 18.9 Å². The summed E-state index contributed by atoms with van der Waals surface area (Å²) in [6, 6.07) is 0. The molecule has 2 heteroatoms. The third-order valence-electron chi connectivity index (χ3n) is 2.29. The van der Waals surface area contributed by atoms with Gasteiger partial charge in [0.25, 0.3) is 0 Å². The average molecular weight is 113 g/mol. The predicted octanol–water partition coefficient (Wildman–Crippen LogP) is -0.0200. The first-order chi connectivity index (χ1) is 3.93. The van der Waals surface area contributed by atoms with Gasteiger partial charge >= 0.3 is 0 Å². The van der Waals surface area contributed by atoms with E-state index in [0.29, 0.717) is 6.10 Å². The summed E-state index contributed by atoms with van der Waals surface area (Å²) in [5, 5.41) is 0. The van der Waals surface area contributed by atoms with Gasteiger partial charge < -0.3 is 10.5 Å². The molecule has 0 bridgehead atoms. The lowest BCUT2D eigenvalue weighted by Crippen LogP contribution is -2.08. The molecule has 0 aromatic carbocycles. The van der Waals surface area contributed by atoms with Gasteiger partial charge in [0.1, 0.15) is 0 Å². The molecule has 2 aliphatic rings. The van der Waals surface area contributed by atoms with Crippen LogP contribution in [0.5, 0.6) is 0 Å². The molecule has 0 spiro atoms. The SMILES string of the molecule is NC[C@@H]1[C@H]2CCO[C@@H]12. The highest BCUT2D eigenvalue weighted by atomic mass is 16.5. The van der Waals surface area contributed by atoms with Gasteiger partial charge in [0.2, 0.25) is 0 Å². The molecule has 0 radical (unpaired) electrons. The van der Waals surface area contributed by atoms with Crippen LogP contribution in [0, 0.1) is 11.8 Å². The Kier molecular flexibility index (Phi) is 0.866. The lowest BCUT2D eigenvalue weighted by atomic mass is 10.2. The molecule has 2 rings (SSSR count). The first kappa shape index (κ1) is 4.77. The van der Waals surface area contributed by atoms with Crippen molar-refractivity contribution in [3.8, 4) is 0 Å². The van der Waals surface area contributed by atoms with Crippen molar-refractivity contribution < 1.29 is 4.74 Å². The van der Waals surface area contributed by atoms with E-state index in [4.69, 9.17) is 10.5 Å². The van der Waals surface area contributed by atoms with Crippen LogP contribution in [-0.2, 0) is 4.74 Å². The predicted molar refractivity (Wildman–Crippen MR) is 30.4 cm³/mol. The zero-order valence-corrected chi connectivity index (χ0v) is 4.84. The van der Waals surface area contributed by atoms with E-state index in [-0.39, 0.29) is 0 Å². The fraction of sp³-hybridized carbons (Fsp3) is 1.00. The highest BCUT2D eigenvalue weighted by Gasteiger charge is 2.53. The third kappa shape index (κ3) is 0.446. The summed E-state index contributed by atoms with van der Waals surface area (Å²) in [5.41, 5.74) is 5.44. The summed E-state index contributed by atoms with van der Waals surface area (Å²) in [4.78, 5) is 0. The normalized spacial score (nSPS) is 51.4. The zero-order chi connectivity index (χ0) is 5.56. The fourth-order valence-corrected chi connectivity index (χ4v) is 1.68. The minimum atomic E-state index is 0.569. The molecule has 0 aromatic rings. The van der Waals surface area contributed by atoms with Crippen LogP contribution < -0.4 is 5.73 Å². The zero-order valence-electron chi connectivity index (χ0n) is 4.84. The molecule has 2 fully saturated rings. The second kappa shape index (κ2) is 1.45. The Morgan fingerprint density at radius 3 is 2.88 bits per heavy atom. The number of rotatable bonds is 1. The monoisotopic (exact) mass is 113 g/mol. The Morgan fingerprint density at radius 2 is 2.50 bits per heavy atom. The first-order valence-electron chi connectivity index (χ1n) is 3.25. The van der Waals surface area contributed by atoms with Gasteiger partial charge in [-0.25, -0.2) is 0 Å². The topological polar surface area (TPSA) is 35.2 Å². The molecule has 0 unspecified atom stereocenters. The maximum Gasteiger partial charge on any atom is 0.0652 e. The molecule has 0 aromatic heterocycles. The smallest absolute Gasteiger partial charge is 0.0652 e. The average Bonchev–Trinajstić information content (AvgIpc) is 2.22. The van der Waals surface area contributed by atoms with E-state index in [2.05, 4.69) is 0 Å². The summed E-state index contributed by atoms with van der Waals surface area (Å²) in [7, 11) is 0. The van der Waals surface area contributed by atoms with E-state index in [1.807, 2.05) is 0 Å². The number of ether oxygens (including phenoxy) is 1. The second-order valence-corrected chi connectivity index (χ2v) is 2.69. The molecule has 46 valence electrons. The van der Waals surface area contributed by atoms with E-state index in [0.717, 1.165) is 25.0 Å². The highest BCUT2D eigenvalue weighted by Crippen LogP contribution is 2.47. The van der Waals surface area contributed by atoms with Crippen LogP contribution in [0.15, 0.2) is 0 Å². The minimum Gasteiger partial charge on any atom is -0.378 e. The summed E-state index contributed by atoms with van der Waals surface area (Å²) in [6.07, 6.45) is 1.83. The van der Waals surface area contributed by atoms with Gasteiger partial charge in [-0.1, -0.05) is 0 Å². The van der Waals surface area contributed by atoms with Crippen LogP contribution in [0.3, 0.4) is 0 Å². The molecule has 3 atom stereocenters. The van der Waals surface area contributed by atoms with Crippen LogP contribution in [0.25, 0.3) is 0 Å². The maximum absolute atomic E-state index is 5.44. The molecule has 1 aliphatic carbocycles. The van der Waals surface area contributed by atoms with Crippen LogP contribution in [0.2, 0.25) is 0 Å². The molecule has 1 aliphatic heterocycles. The minimum absolute atomic E-state index is 0.569. The molecule has 2 N–H and O–H groups in total. The van der Waals surface area contributed by atoms with Crippen molar-refractivity contribution in [2.24, 2.45) is 17.6 Å². The van der Waals surface area contributed by atoms with Crippen molar-refractivity contribution in [2.45, 2.75) is 12.5 Å². The van der Waals surface area contributed by atoms with Gasteiger partial charge in [0.05, 0.1) is 6.10 Å². The van der Waals surface area contributed by atoms with Crippen LogP contribution in [0.4, 0.5) is 0 Å². The lowest BCUT2D eigenvalue weighted by molar-refractivity contribution is 0.140. The Bertz CT molecular complexity index is 87.9. The number of fused-ring (bicyclic) bond motifs is 1. The van der Waals surface area contributed by atoms with Gasteiger partial charge in [-0.2, -0.15) is 0 Å². The molecule has 1 heterocycles. The number of hydrogen-bond acceptors (Lipinski definition) is 2. The molecular weight excluding hydrogens is 102 g/mol. The van der Waals surface area contributed by atoms with Crippen LogP contribution in [0.1, 0.15) is 6.42 Å². The second-order valence-electron chi connectivity index (χ2n) is 2.69. The maximum atomic E-state index is 5.44. The number of nitrogens with two attached hydrogens (primary N) is 1. The van der Waals surface area contributed by atoms with Gasteiger partial charge in [-0.3, -0.25) is 0 Å². The Labute approximate surface area is 49.0 Å². The van der Waals surface area contributed by atoms with Crippen molar-refractivity contribution in [1.82, 2.24) is 0 Å². The van der Waals surface area contributed by atoms with Gasteiger partial charge in [0, 0.05) is 12.5 Å². The molecule has 2 nitrogen and oxygen atoms in total. The molecule has 1 saturated carbocycles.